The predicted molar refractivity (Wildman–Crippen MR) is 78.1 cm³/mol. The van der Waals surface area contributed by atoms with Crippen LogP contribution in [-0.4, -0.2) is 29.7 Å². The van der Waals surface area contributed by atoms with E-state index in [1.165, 1.54) is 17.4 Å². The van der Waals surface area contributed by atoms with Crippen LogP contribution in [-0.2, 0) is 11.3 Å². The Balaban J connectivity index is 1.63. The number of pyridine rings is 1. The normalized spacial score (nSPS) is 11.2. The molecule has 19 heavy (non-hydrogen) atoms. The highest BCUT2D eigenvalue weighted by atomic mass is 16.5. The van der Waals surface area contributed by atoms with E-state index in [9.17, 15) is 0 Å². The molecule has 2 N–H and O–H groups in total. The SMILES string of the molecule is CCCCOCCCNCc1c[nH]c2ncccc12. The lowest BCUT2D eigenvalue weighted by atomic mass is 10.2. The number of nitrogens with zero attached hydrogens (tertiary/aromatic N) is 1. The summed E-state index contributed by atoms with van der Waals surface area (Å²) in [6.07, 6.45) is 7.26. The van der Waals surface area contributed by atoms with Crippen LogP contribution in [0.2, 0.25) is 0 Å². The Morgan fingerprint density at radius 3 is 3.11 bits per heavy atom. The van der Waals surface area contributed by atoms with E-state index >= 15 is 0 Å². The zero-order valence-corrected chi connectivity index (χ0v) is 11.6. The third-order valence-electron chi connectivity index (χ3n) is 3.14. The number of rotatable bonds is 9. The molecule has 0 aliphatic carbocycles. The smallest absolute Gasteiger partial charge is 0.137 e. The standard InChI is InChI=1S/C15H23N3O/c1-2-3-9-19-10-5-7-16-11-13-12-18-15-14(13)6-4-8-17-15/h4,6,8,12,16H,2-3,5,7,9-11H2,1H3,(H,17,18). The van der Waals surface area contributed by atoms with E-state index < -0.39 is 0 Å². The maximum absolute atomic E-state index is 5.53. The van der Waals surface area contributed by atoms with E-state index in [4.69, 9.17) is 4.74 Å². The van der Waals surface area contributed by atoms with Crippen LogP contribution in [0.1, 0.15) is 31.7 Å². The minimum atomic E-state index is 0.850. The molecule has 0 spiro atoms. The molecular formula is C15H23N3O. The van der Waals surface area contributed by atoms with Crippen LogP contribution in [0.25, 0.3) is 11.0 Å². The van der Waals surface area contributed by atoms with Crippen molar-refractivity contribution in [3.63, 3.8) is 0 Å². The summed E-state index contributed by atoms with van der Waals surface area (Å²) in [5.41, 5.74) is 2.23. The first-order valence-corrected chi connectivity index (χ1v) is 7.11. The summed E-state index contributed by atoms with van der Waals surface area (Å²) in [5.74, 6) is 0. The zero-order valence-electron chi connectivity index (χ0n) is 11.6. The third-order valence-corrected chi connectivity index (χ3v) is 3.14. The molecule has 4 nitrogen and oxygen atoms in total. The third kappa shape index (κ3) is 4.33. The van der Waals surface area contributed by atoms with Crippen molar-refractivity contribution < 1.29 is 4.74 Å². The average Bonchev–Trinajstić information content (AvgIpc) is 2.85. The lowest BCUT2D eigenvalue weighted by Crippen LogP contribution is -2.16. The molecule has 2 heterocycles. The van der Waals surface area contributed by atoms with Gasteiger partial charge in [0.15, 0.2) is 0 Å². The molecule has 2 rings (SSSR count). The van der Waals surface area contributed by atoms with Gasteiger partial charge in [0.25, 0.3) is 0 Å². The Labute approximate surface area is 114 Å². The van der Waals surface area contributed by atoms with E-state index in [-0.39, 0.29) is 0 Å². The summed E-state index contributed by atoms with van der Waals surface area (Å²) >= 11 is 0. The van der Waals surface area contributed by atoms with Crippen LogP contribution in [0, 0.1) is 0 Å². The van der Waals surface area contributed by atoms with Gasteiger partial charge in [-0.05, 0) is 37.1 Å². The quantitative estimate of drug-likeness (QED) is 0.682. The van der Waals surface area contributed by atoms with Crippen LogP contribution in [0.5, 0.6) is 0 Å². The first-order valence-electron chi connectivity index (χ1n) is 7.11. The predicted octanol–water partition coefficient (Wildman–Crippen LogP) is 2.86. The molecule has 0 unspecified atom stereocenters. The highest BCUT2D eigenvalue weighted by molar-refractivity contribution is 5.79. The molecule has 0 radical (unpaired) electrons. The van der Waals surface area contributed by atoms with Gasteiger partial charge < -0.3 is 15.0 Å². The maximum atomic E-state index is 5.53. The second-order valence-electron chi connectivity index (χ2n) is 4.71. The lowest BCUT2D eigenvalue weighted by Gasteiger charge is -2.05. The minimum Gasteiger partial charge on any atom is -0.381 e. The van der Waals surface area contributed by atoms with Crippen molar-refractivity contribution in [2.45, 2.75) is 32.7 Å². The molecule has 0 aliphatic heterocycles. The van der Waals surface area contributed by atoms with E-state index in [0.29, 0.717) is 0 Å². The van der Waals surface area contributed by atoms with Crippen molar-refractivity contribution in [3.8, 4) is 0 Å². The summed E-state index contributed by atoms with van der Waals surface area (Å²) in [7, 11) is 0. The second kappa shape index (κ2) is 7.92. The molecule has 0 aliphatic rings. The van der Waals surface area contributed by atoms with Crippen LogP contribution < -0.4 is 5.32 Å². The molecule has 104 valence electrons. The fourth-order valence-corrected chi connectivity index (χ4v) is 2.03. The van der Waals surface area contributed by atoms with Crippen molar-refractivity contribution in [2.75, 3.05) is 19.8 Å². The number of hydrogen-bond acceptors (Lipinski definition) is 3. The Bertz CT molecular complexity index is 481. The van der Waals surface area contributed by atoms with Gasteiger partial charge in [-0.3, -0.25) is 0 Å². The first kappa shape index (κ1) is 14.0. The molecule has 2 aromatic heterocycles. The topological polar surface area (TPSA) is 49.9 Å². The number of unbranched alkanes of at least 4 members (excludes halogenated alkanes) is 1. The fraction of sp³-hybridized carbons (Fsp3) is 0.533. The number of ether oxygens (including phenoxy) is 1. The molecule has 2 aromatic rings. The highest BCUT2D eigenvalue weighted by Crippen LogP contribution is 2.14. The van der Waals surface area contributed by atoms with E-state index in [1.807, 2.05) is 18.5 Å². The van der Waals surface area contributed by atoms with E-state index in [0.717, 1.165) is 44.8 Å². The van der Waals surface area contributed by atoms with Gasteiger partial charge in [0.05, 0.1) is 0 Å². The Kier molecular flexibility index (Phi) is 5.85. The largest absolute Gasteiger partial charge is 0.381 e. The molecule has 0 fully saturated rings. The van der Waals surface area contributed by atoms with Gasteiger partial charge in [-0.1, -0.05) is 13.3 Å². The van der Waals surface area contributed by atoms with Gasteiger partial charge in [-0.2, -0.15) is 0 Å². The number of H-pyrrole nitrogens is 1. The van der Waals surface area contributed by atoms with Crippen molar-refractivity contribution in [1.29, 1.82) is 0 Å². The van der Waals surface area contributed by atoms with Crippen LogP contribution >= 0.6 is 0 Å². The molecule has 0 saturated carbocycles. The Morgan fingerprint density at radius 1 is 1.32 bits per heavy atom. The first-order chi connectivity index (χ1) is 9.42. The maximum Gasteiger partial charge on any atom is 0.137 e. The van der Waals surface area contributed by atoms with Crippen molar-refractivity contribution in [3.05, 3.63) is 30.1 Å². The summed E-state index contributed by atoms with van der Waals surface area (Å²) < 4.78 is 5.53. The van der Waals surface area contributed by atoms with Crippen LogP contribution in [0.4, 0.5) is 0 Å². The van der Waals surface area contributed by atoms with Gasteiger partial charge in [0, 0.05) is 37.5 Å². The molecular weight excluding hydrogens is 238 g/mol. The Morgan fingerprint density at radius 2 is 2.21 bits per heavy atom. The second-order valence-corrected chi connectivity index (χ2v) is 4.71. The monoisotopic (exact) mass is 261 g/mol. The van der Waals surface area contributed by atoms with Gasteiger partial charge in [0.1, 0.15) is 5.65 Å². The number of aromatic nitrogens is 2. The summed E-state index contributed by atoms with van der Waals surface area (Å²) in [6, 6.07) is 4.07. The molecule has 0 amide bonds. The Hall–Kier alpha value is -1.39. The van der Waals surface area contributed by atoms with E-state index in [2.05, 4.69) is 28.3 Å². The molecule has 0 aromatic carbocycles. The summed E-state index contributed by atoms with van der Waals surface area (Å²) in [5, 5.41) is 4.65. The molecule has 0 saturated heterocycles. The van der Waals surface area contributed by atoms with Gasteiger partial charge in [-0.15, -0.1) is 0 Å². The minimum absolute atomic E-state index is 0.850. The van der Waals surface area contributed by atoms with Crippen LogP contribution in [0.15, 0.2) is 24.5 Å². The van der Waals surface area contributed by atoms with Gasteiger partial charge >= 0.3 is 0 Å². The zero-order chi connectivity index (χ0) is 13.3. The number of hydrogen-bond donors (Lipinski definition) is 2. The van der Waals surface area contributed by atoms with Crippen molar-refractivity contribution in [1.82, 2.24) is 15.3 Å². The molecule has 0 atom stereocenters. The molecule has 4 heteroatoms. The summed E-state index contributed by atoms with van der Waals surface area (Å²) in [6.45, 7) is 5.79. The number of aromatic amines is 1. The van der Waals surface area contributed by atoms with Crippen molar-refractivity contribution in [2.24, 2.45) is 0 Å². The molecule has 0 bridgehead atoms. The summed E-state index contributed by atoms with van der Waals surface area (Å²) in [4.78, 5) is 7.47. The number of fused-ring (bicyclic) bond motifs is 1. The van der Waals surface area contributed by atoms with Crippen LogP contribution in [0.3, 0.4) is 0 Å². The number of nitrogens with one attached hydrogen (secondary N) is 2. The highest BCUT2D eigenvalue weighted by Gasteiger charge is 2.02. The average molecular weight is 261 g/mol. The van der Waals surface area contributed by atoms with Gasteiger partial charge in [0.2, 0.25) is 0 Å². The van der Waals surface area contributed by atoms with Gasteiger partial charge in [-0.25, -0.2) is 4.98 Å². The van der Waals surface area contributed by atoms with Crippen molar-refractivity contribution >= 4 is 11.0 Å². The van der Waals surface area contributed by atoms with E-state index in [1.54, 1.807) is 0 Å². The fourth-order valence-electron chi connectivity index (χ4n) is 2.03. The lowest BCUT2D eigenvalue weighted by molar-refractivity contribution is 0.129.